The number of aromatic nitrogens is 4. The van der Waals surface area contributed by atoms with Gasteiger partial charge in [0.25, 0.3) is 0 Å². The van der Waals surface area contributed by atoms with E-state index in [1.54, 1.807) is 0 Å². The Balaban J connectivity index is 1.37. The third-order valence-electron chi connectivity index (χ3n) is 6.71. The van der Waals surface area contributed by atoms with Crippen LogP contribution >= 0.6 is 0 Å². The van der Waals surface area contributed by atoms with Crippen molar-refractivity contribution in [2.24, 2.45) is 17.6 Å². The van der Waals surface area contributed by atoms with Gasteiger partial charge in [0.1, 0.15) is 11.5 Å². The second-order valence-corrected chi connectivity index (χ2v) is 8.98. The van der Waals surface area contributed by atoms with Crippen LogP contribution < -0.4 is 11.1 Å². The Labute approximate surface area is 193 Å². The number of carbonyl (C=O) groups is 1. The highest BCUT2D eigenvalue weighted by atomic mass is 16.1. The third-order valence-corrected chi connectivity index (χ3v) is 6.71. The van der Waals surface area contributed by atoms with E-state index in [1.807, 2.05) is 48.7 Å². The number of aromatic amines is 2. The summed E-state index contributed by atoms with van der Waals surface area (Å²) in [7, 11) is 0. The Morgan fingerprint density at radius 1 is 1.03 bits per heavy atom. The number of fused-ring (bicyclic) bond motifs is 1. The fourth-order valence-electron chi connectivity index (χ4n) is 4.73. The maximum absolute atomic E-state index is 13.2. The van der Waals surface area contributed by atoms with Gasteiger partial charge in [-0.15, -0.1) is 0 Å². The number of imidazole rings is 2. The molecule has 2 aromatic carbocycles. The van der Waals surface area contributed by atoms with Crippen molar-refractivity contribution in [3.05, 3.63) is 72.2 Å². The predicted molar refractivity (Wildman–Crippen MR) is 129 cm³/mol. The topological polar surface area (TPSA) is 112 Å². The highest BCUT2D eigenvalue weighted by molar-refractivity contribution is 5.79. The van der Waals surface area contributed by atoms with Crippen LogP contribution in [-0.4, -0.2) is 32.4 Å². The molecule has 1 saturated carbocycles. The highest BCUT2D eigenvalue weighted by Crippen LogP contribution is 2.29. The third kappa shape index (κ3) is 4.83. The number of nitrogens with two attached hydrogens (primary N) is 1. The molecule has 1 aliphatic carbocycles. The molecule has 1 atom stereocenters. The van der Waals surface area contributed by atoms with Crippen LogP contribution in [0.1, 0.15) is 43.1 Å². The SMILES string of the molecule is NCC1CCC(C(=O)N[C@@H](Cc2ccccc2)c2nc(-c3nc4ccccc4[nH]3)c[nH]2)CC1. The zero-order valence-corrected chi connectivity index (χ0v) is 18.6. The van der Waals surface area contributed by atoms with Crippen LogP contribution in [0.2, 0.25) is 0 Å². The first-order valence-electron chi connectivity index (χ1n) is 11.7. The molecule has 7 nitrogen and oxygen atoms in total. The van der Waals surface area contributed by atoms with Crippen LogP contribution in [0.3, 0.4) is 0 Å². The van der Waals surface area contributed by atoms with Crippen LogP contribution in [0.5, 0.6) is 0 Å². The van der Waals surface area contributed by atoms with Crippen molar-refractivity contribution in [1.82, 2.24) is 25.3 Å². The van der Waals surface area contributed by atoms with Crippen LogP contribution in [-0.2, 0) is 11.2 Å². The number of hydrogen-bond donors (Lipinski definition) is 4. The van der Waals surface area contributed by atoms with Gasteiger partial charge in [-0.2, -0.15) is 0 Å². The Morgan fingerprint density at radius 3 is 2.55 bits per heavy atom. The summed E-state index contributed by atoms with van der Waals surface area (Å²) in [5.41, 5.74) is 9.58. The van der Waals surface area contributed by atoms with Gasteiger partial charge in [-0.05, 0) is 62.3 Å². The average molecular weight is 443 g/mol. The summed E-state index contributed by atoms with van der Waals surface area (Å²) >= 11 is 0. The molecule has 5 rings (SSSR count). The van der Waals surface area contributed by atoms with Crippen LogP contribution in [0.15, 0.2) is 60.8 Å². The van der Waals surface area contributed by atoms with Gasteiger partial charge in [-0.25, -0.2) is 9.97 Å². The van der Waals surface area contributed by atoms with Gasteiger partial charge < -0.3 is 21.0 Å². The zero-order chi connectivity index (χ0) is 22.6. The first-order chi connectivity index (χ1) is 16.2. The Hall–Kier alpha value is -3.45. The number of nitrogens with zero attached hydrogens (tertiary/aromatic N) is 2. The van der Waals surface area contributed by atoms with Gasteiger partial charge in [0, 0.05) is 12.1 Å². The molecular formula is C26H30N6O. The van der Waals surface area contributed by atoms with Gasteiger partial charge in [-0.3, -0.25) is 4.79 Å². The van der Waals surface area contributed by atoms with E-state index < -0.39 is 0 Å². The van der Waals surface area contributed by atoms with Crippen molar-refractivity contribution in [2.75, 3.05) is 6.54 Å². The molecule has 7 heteroatoms. The monoisotopic (exact) mass is 442 g/mol. The average Bonchev–Trinajstić information content (AvgIpc) is 3.52. The first-order valence-corrected chi connectivity index (χ1v) is 11.7. The first kappa shape index (κ1) is 21.4. The van der Waals surface area contributed by atoms with Crippen molar-refractivity contribution in [3.63, 3.8) is 0 Å². The largest absolute Gasteiger partial charge is 0.346 e. The molecule has 170 valence electrons. The zero-order valence-electron chi connectivity index (χ0n) is 18.6. The lowest BCUT2D eigenvalue weighted by molar-refractivity contribution is -0.127. The lowest BCUT2D eigenvalue weighted by Gasteiger charge is -2.28. The fraction of sp³-hybridized carbons (Fsp3) is 0.346. The van der Waals surface area contributed by atoms with Crippen molar-refractivity contribution in [3.8, 4) is 11.5 Å². The number of rotatable bonds is 7. The summed E-state index contributed by atoms with van der Waals surface area (Å²) in [6, 6.07) is 17.9. The summed E-state index contributed by atoms with van der Waals surface area (Å²) in [5, 5.41) is 3.28. The minimum absolute atomic E-state index is 0.0379. The molecule has 0 unspecified atom stereocenters. The maximum atomic E-state index is 13.2. The minimum atomic E-state index is -0.245. The van der Waals surface area contributed by atoms with Gasteiger partial charge in [0.2, 0.25) is 5.91 Å². The molecule has 0 radical (unpaired) electrons. The van der Waals surface area contributed by atoms with Crippen molar-refractivity contribution in [2.45, 2.75) is 38.1 Å². The van der Waals surface area contributed by atoms with E-state index in [-0.39, 0.29) is 17.9 Å². The van der Waals surface area contributed by atoms with E-state index >= 15 is 0 Å². The molecule has 1 amide bonds. The number of hydrogen-bond acceptors (Lipinski definition) is 4. The van der Waals surface area contributed by atoms with E-state index in [2.05, 4.69) is 32.4 Å². The quantitative estimate of drug-likeness (QED) is 0.345. The molecule has 33 heavy (non-hydrogen) atoms. The summed E-state index contributed by atoms with van der Waals surface area (Å²) in [4.78, 5) is 29.2. The van der Waals surface area contributed by atoms with E-state index in [4.69, 9.17) is 10.7 Å². The minimum Gasteiger partial charge on any atom is -0.346 e. The highest BCUT2D eigenvalue weighted by Gasteiger charge is 2.28. The molecule has 0 spiro atoms. The maximum Gasteiger partial charge on any atom is 0.223 e. The van der Waals surface area contributed by atoms with Crippen LogP contribution in [0.25, 0.3) is 22.6 Å². The lowest BCUT2D eigenvalue weighted by atomic mass is 9.81. The Morgan fingerprint density at radius 2 is 1.79 bits per heavy atom. The number of para-hydroxylation sites is 2. The van der Waals surface area contributed by atoms with E-state index in [0.717, 1.165) is 53.8 Å². The van der Waals surface area contributed by atoms with E-state index in [9.17, 15) is 4.79 Å². The fourth-order valence-corrected chi connectivity index (χ4v) is 4.73. The molecule has 0 saturated heterocycles. The standard InChI is InChI=1S/C26H30N6O/c27-15-18-10-12-19(13-11-18)26(33)32-22(14-17-6-2-1-3-7-17)24-28-16-23(31-24)25-29-20-8-4-5-9-21(20)30-25/h1-9,16,18-19,22H,10-15,27H2,(H,28,31)(H,29,30)(H,32,33)/t18?,19?,22-/m0/s1. The molecule has 4 aromatic rings. The summed E-state index contributed by atoms with van der Waals surface area (Å²) in [5.74, 6) is 2.14. The van der Waals surface area contributed by atoms with Crippen molar-refractivity contribution in [1.29, 1.82) is 0 Å². The number of amides is 1. The molecule has 1 aliphatic rings. The number of carbonyl (C=O) groups excluding carboxylic acids is 1. The molecular weight excluding hydrogens is 412 g/mol. The molecule has 0 bridgehead atoms. The Kier molecular flexibility index (Phi) is 6.21. The van der Waals surface area contributed by atoms with Crippen LogP contribution in [0, 0.1) is 11.8 Å². The van der Waals surface area contributed by atoms with Gasteiger partial charge >= 0.3 is 0 Å². The van der Waals surface area contributed by atoms with Gasteiger partial charge in [0.15, 0.2) is 5.82 Å². The summed E-state index contributed by atoms with van der Waals surface area (Å²) < 4.78 is 0. The molecule has 2 aromatic heterocycles. The number of benzene rings is 2. The predicted octanol–water partition coefficient (Wildman–Crippen LogP) is 4.12. The second-order valence-electron chi connectivity index (χ2n) is 8.98. The summed E-state index contributed by atoms with van der Waals surface area (Å²) in [6.07, 6.45) is 6.35. The summed E-state index contributed by atoms with van der Waals surface area (Å²) in [6.45, 7) is 0.710. The van der Waals surface area contributed by atoms with E-state index in [1.165, 1.54) is 0 Å². The van der Waals surface area contributed by atoms with Crippen molar-refractivity contribution >= 4 is 16.9 Å². The normalized spacial score (nSPS) is 19.4. The Bertz CT molecular complexity index is 1170. The van der Waals surface area contributed by atoms with E-state index in [0.29, 0.717) is 24.7 Å². The van der Waals surface area contributed by atoms with Crippen LogP contribution in [0.4, 0.5) is 0 Å². The molecule has 2 heterocycles. The second kappa shape index (κ2) is 9.58. The molecule has 5 N–H and O–H groups in total. The lowest BCUT2D eigenvalue weighted by Crippen LogP contribution is -2.37. The van der Waals surface area contributed by atoms with Gasteiger partial charge in [0.05, 0.1) is 17.1 Å². The molecule has 1 fully saturated rings. The van der Waals surface area contributed by atoms with Gasteiger partial charge in [-0.1, -0.05) is 42.5 Å². The molecule has 0 aliphatic heterocycles. The smallest absolute Gasteiger partial charge is 0.223 e. The number of H-pyrrole nitrogens is 2. The number of nitrogens with one attached hydrogen (secondary N) is 3. The van der Waals surface area contributed by atoms with Crippen molar-refractivity contribution < 1.29 is 4.79 Å².